The molecule has 5 nitrogen and oxygen atoms in total. The lowest BCUT2D eigenvalue weighted by atomic mass is 10.1. The van der Waals surface area contributed by atoms with Gasteiger partial charge in [-0.1, -0.05) is 0 Å². The molecular formula is C18H23FN4O. The molecule has 1 aliphatic rings. The zero-order valence-electron chi connectivity index (χ0n) is 14.3. The van der Waals surface area contributed by atoms with Crippen LogP contribution in [0.4, 0.5) is 10.3 Å². The van der Waals surface area contributed by atoms with E-state index in [0.717, 1.165) is 18.8 Å². The van der Waals surface area contributed by atoms with Gasteiger partial charge in [0.1, 0.15) is 11.6 Å². The SMILES string of the molecule is COc1ccc(-c2cnc(NCC3CCCN3C)nc2C)c(F)c1. The number of methoxy groups -OCH3 is 1. The first kappa shape index (κ1) is 16.6. The van der Waals surface area contributed by atoms with Crippen LogP contribution in [0.1, 0.15) is 18.5 Å². The van der Waals surface area contributed by atoms with Crippen LogP contribution >= 0.6 is 0 Å². The molecule has 0 spiro atoms. The third-order valence-corrected chi connectivity index (χ3v) is 4.61. The number of anilines is 1. The number of likely N-dealkylation sites (tertiary alicyclic amines) is 1. The van der Waals surface area contributed by atoms with Crippen molar-refractivity contribution in [2.75, 3.05) is 32.6 Å². The van der Waals surface area contributed by atoms with Crippen LogP contribution in [0.25, 0.3) is 11.1 Å². The second-order valence-electron chi connectivity index (χ2n) is 6.20. The molecule has 1 aromatic carbocycles. The minimum Gasteiger partial charge on any atom is -0.497 e. The Labute approximate surface area is 141 Å². The van der Waals surface area contributed by atoms with Gasteiger partial charge >= 0.3 is 0 Å². The van der Waals surface area contributed by atoms with E-state index in [1.807, 2.05) is 6.92 Å². The first-order valence-corrected chi connectivity index (χ1v) is 8.20. The van der Waals surface area contributed by atoms with Crippen LogP contribution in [-0.4, -0.2) is 48.2 Å². The van der Waals surface area contributed by atoms with Crippen molar-refractivity contribution in [2.24, 2.45) is 0 Å². The molecule has 0 bridgehead atoms. The van der Waals surface area contributed by atoms with E-state index in [-0.39, 0.29) is 5.82 Å². The smallest absolute Gasteiger partial charge is 0.222 e. The largest absolute Gasteiger partial charge is 0.497 e. The highest BCUT2D eigenvalue weighted by atomic mass is 19.1. The van der Waals surface area contributed by atoms with Crippen LogP contribution in [0, 0.1) is 12.7 Å². The maximum Gasteiger partial charge on any atom is 0.222 e. The van der Waals surface area contributed by atoms with Gasteiger partial charge in [0.05, 0.1) is 12.8 Å². The number of rotatable bonds is 5. The summed E-state index contributed by atoms with van der Waals surface area (Å²) in [6.07, 6.45) is 4.10. The Morgan fingerprint density at radius 1 is 1.38 bits per heavy atom. The van der Waals surface area contributed by atoms with E-state index in [2.05, 4.69) is 27.2 Å². The zero-order valence-corrected chi connectivity index (χ0v) is 14.3. The number of halogens is 1. The predicted molar refractivity (Wildman–Crippen MR) is 92.9 cm³/mol. The van der Waals surface area contributed by atoms with Crippen molar-refractivity contribution in [3.8, 4) is 16.9 Å². The standard InChI is InChI=1S/C18H23FN4O/c1-12-16(15-7-6-14(24-3)9-17(15)19)11-21-18(22-12)20-10-13-5-4-8-23(13)2/h6-7,9,11,13H,4-5,8,10H2,1-3H3,(H,20,21,22). The number of benzene rings is 1. The first-order valence-electron chi connectivity index (χ1n) is 8.20. The lowest BCUT2D eigenvalue weighted by Gasteiger charge is -2.19. The van der Waals surface area contributed by atoms with Gasteiger partial charge in [-0.15, -0.1) is 0 Å². The van der Waals surface area contributed by atoms with Crippen molar-refractivity contribution >= 4 is 5.95 Å². The van der Waals surface area contributed by atoms with Crippen molar-refractivity contribution in [3.63, 3.8) is 0 Å². The fraction of sp³-hybridized carbons (Fsp3) is 0.444. The third kappa shape index (κ3) is 3.48. The molecule has 24 heavy (non-hydrogen) atoms. The lowest BCUT2D eigenvalue weighted by molar-refractivity contribution is 0.322. The van der Waals surface area contributed by atoms with Gasteiger partial charge in [-0.2, -0.15) is 0 Å². The van der Waals surface area contributed by atoms with Gasteiger partial charge in [-0.3, -0.25) is 0 Å². The number of nitrogens with zero attached hydrogens (tertiary/aromatic N) is 3. The molecule has 0 saturated carbocycles. The normalized spacial score (nSPS) is 17.9. The molecule has 1 aromatic heterocycles. The fourth-order valence-electron chi connectivity index (χ4n) is 3.10. The summed E-state index contributed by atoms with van der Waals surface area (Å²) in [6.45, 7) is 3.83. The van der Waals surface area contributed by atoms with Crippen LogP contribution in [0.5, 0.6) is 5.75 Å². The first-order chi connectivity index (χ1) is 11.6. The highest BCUT2D eigenvalue weighted by Crippen LogP contribution is 2.28. The minimum absolute atomic E-state index is 0.339. The van der Waals surface area contributed by atoms with Crippen LogP contribution < -0.4 is 10.1 Å². The molecule has 128 valence electrons. The molecule has 1 aliphatic heterocycles. The van der Waals surface area contributed by atoms with Gasteiger partial charge in [-0.25, -0.2) is 14.4 Å². The quantitative estimate of drug-likeness (QED) is 0.913. The van der Waals surface area contributed by atoms with E-state index >= 15 is 0 Å². The van der Waals surface area contributed by atoms with E-state index in [1.165, 1.54) is 26.0 Å². The molecule has 0 aliphatic carbocycles. The zero-order chi connectivity index (χ0) is 17.1. The molecule has 1 unspecified atom stereocenters. The molecule has 1 saturated heterocycles. The Balaban J connectivity index is 1.75. The van der Waals surface area contributed by atoms with Crippen molar-refractivity contribution in [2.45, 2.75) is 25.8 Å². The maximum atomic E-state index is 14.2. The van der Waals surface area contributed by atoms with Gasteiger partial charge in [0.15, 0.2) is 0 Å². The van der Waals surface area contributed by atoms with Crippen molar-refractivity contribution in [1.29, 1.82) is 0 Å². The Morgan fingerprint density at radius 2 is 2.21 bits per heavy atom. The summed E-state index contributed by atoms with van der Waals surface area (Å²) in [7, 11) is 3.66. The summed E-state index contributed by atoms with van der Waals surface area (Å²) in [4.78, 5) is 11.2. The number of aryl methyl sites for hydroxylation is 1. The number of ether oxygens (including phenoxy) is 1. The number of likely N-dealkylation sites (N-methyl/N-ethyl adjacent to an activating group) is 1. The monoisotopic (exact) mass is 330 g/mol. The Kier molecular flexibility index (Phi) is 4.94. The molecule has 0 radical (unpaired) electrons. The van der Waals surface area contributed by atoms with E-state index in [0.29, 0.717) is 28.9 Å². The average molecular weight is 330 g/mol. The van der Waals surface area contributed by atoms with Gasteiger partial charge in [0, 0.05) is 36.0 Å². The molecular weight excluding hydrogens is 307 g/mol. The molecule has 1 N–H and O–H groups in total. The molecule has 6 heteroatoms. The number of hydrogen-bond acceptors (Lipinski definition) is 5. The van der Waals surface area contributed by atoms with Crippen LogP contribution in [0.3, 0.4) is 0 Å². The maximum absolute atomic E-state index is 14.2. The minimum atomic E-state index is -0.339. The topological polar surface area (TPSA) is 50.3 Å². The van der Waals surface area contributed by atoms with E-state index < -0.39 is 0 Å². The Morgan fingerprint density at radius 3 is 2.83 bits per heavy atom. The molecule has 2 aromatic rings. The van der Waals surface area contributed by atoms with Gasteiger partial charge in [0.25, 0.3) is 0 Å². The number of nitrogens with one attached hydrogen (secondary N) is 1. The molecule has 3 rings (SSSR count). The highest BCUT2D eigenvalue weighted by molar-refractivity contribution is 5.67. The summed E-state index contributed by atoms with van der Waals surface area (Å²) in [5.74, 6) is 0.744. The summed E-state index contributed by atoms with van der Waals surface area (Å²) in [5.41, 5.74) is 1.92. The molecule has 0 amide bonds. The number of hydrogen-bond donors (Lipinski definition) is 1. The van der Waals surface area contributed by atoms with Crippen LogP contribution in [-0.2, 0) is 0 Å². The Bertz CT molecular complexity index is 722. The van der Waals surface area contributed by atoms with E-state index in [4.69, 9.17) is 4.74 Å². The van der Waals surface area contributed by atoms with Crippen molar-refractivity contribution in [1.82, 2.24) is 14.9 Å². The summed E-state index contributed by atoms with van der Waals surface area (Å²) < 4.78 is 19.3. The molecule has 2 heterocycles. The lowest BCUT2D eigenvalue weighted by Crippen LogP contribution is -2.32. The van der Waals surface area contributed by atoms with Gasteiger partial charge in [-0.05, 0) is 45.5 Å². The summed E-state index contributed by atoms with van der Waals surface area (Å²) >= 11 is 0. The summed E-state index contributed by atoms with van der Waals surface area (Å²) in [6, 6.07) is 5.32. The average Bonchev–Trinajstić information content (AvgIpc) is 2.98. The Hall–Kier alpha value is -2.21. The second kappa shape index (κ2) is 7.13. The predicted octanol–water partition coefficient (Wildman–Crippen LogP) is 3.11. The van der Waals surface area contributed by atoms with E-state index in [9.17, 15) is 4.39 Å². The molecule has 1 fully saturated rings. The summed E-state index contributed by atoms with van der Waals surface area (Å²) in [5, 5.41) is 3.29. The van der Waals surface area contributed by atoms with Gasteiger partial charge in [0.2, 0.25) is 5.95 Å². The highest BCUT2D eigenvalue weighted by Gasteiger charge is 2.20. The third-order valence-electron chi connectivity index (χ3n) is 4.61. The number of aromatic nitrogens is 2. The molecule has 1 atom stereocenters. The fourth-order valence-corrected chi connectivity index (χ4v) is 3.10. The van der Waals surface area contributed by atoms with Crippen LogP contribution in [0.15, 0.2) is 24.4 Å². The van der Waals surface area contributed by atoms with Crippen LogP contribution in [0.2, 0.25) is 0 Å². The second-order valence-corrected chi connectivity index (χ2v) is 6.20. The van der Waals surface area contributed by atoms with Crippen molar-refractivity contribution in [3.05, 3.63) is 35.9 Å². The van der Waals surface area contributed by atoms with E-state index in [1.54, 1.807) is 18.3 Å². The van der Waals surface area contributed by atoms with Gasteiger partial charge < -0.3 is 15.0 Å². The van der Waals surface area contributed by atoms with Crippen molar-refractivity contribution < 1.29 is 9.13 Å².